The highest BCUT2D eigenvalue weighted by atomic mass is 32.2. The van der Waals surface area contributed by atoms with Crippen LogP contribution in [0.2, 0.25) is 0 Å². The van der Waals surface area contributed by atoms with Gasteiger partial charge in [0.2, 0.25) is 5.95 Å². The molecule has 1 unspecified atom stereocenters. The van der Waals surface area contributed by atoms with Gasteiger partial charge in [0, 0.05) is 12.2 Å². The molecule has 2 aromatic rings. The van der Waals surface area contributed by atoms with Crippen molar-refractivity contribution in [2.75, 3.05) is 29.2 Å². The van der Waals surface area contributed by atoms with Crippen molar-refractivity contribution in [2.45, 2.75) is 12.5 Å². The third-order valence-corrected chi connectivity index (χ3v) is 5.59. The van der Waals surface area contributed by atoms with Crippen LogP contribution in [-0.4, -0.2) is 49.0 Å². The SMILES string of the molecule is COC(=O)c1ccccc1Nc1nccc(NC2CCS(=O)(=O)C2)n1. The zero-order chi connectivity index (χ0) is 17.9. The van der Waals surface area contributed by atoms with Crippen molar-refractivity contribution in [3.05, 3.63) is 42.1 Å². The summed E-state index contributed by atoms with van der Waals surface area (Å²) in [6.45, 7) is 0. The first-order valence-corrected chi connectivity index (χ1v) is 9.53. The summed E-state index contributed by atoms with van der Waals surface area (Å²) in [6.07, 6.45) is 2.11. The molecule has 0 bridgehead atoms. The van der Waals surface area contributed by atoms with E-state index in [4.69, 9.17) is 4.74 Å². The molecule has 1 atom stereocenters. The molecule has 1 aliphatic rings. The van der Waals surface area contributed by atoms with Crippen molar-refractivity contribution in [3.8, 4) is 0 Å². The monoisotopic (exact) mass is 362 g/mol. The first-order chi connectivity index (χ1) is 12.0. The lowest BCUT2D eigenvalue weighted by molar-refractivity contribution is 0.0602. The van der Waals surface area contributed by atoms with E-state index in [-0.39, 0.29) is 17.5 Å². The number of carbonyl (C=O) groups excluding carboxylic acids is 1. The Morgan fingerprint density at radius 1 is 1.28 bits per heavy atom. The number of nitrogens with one attached hydrogen (secondary N) is 2. The molecule has 2 heterocycles. The van der Waals surface area contributed by atoms with E-state index in [1.165, 1.54) is 7.11 Å². The molecule has 1 fully saturated rings. The fourth-order valence-corrected chi connectivity index (χ4v) is 4.29. The lowest BCUT2D eigenvalue weighted by Gasteiger charge is -2.13. The van der Waals surface area contributed by atoms with Crippen LogP contribution in [0.25, 0.3) is 0 Å². The molecule has 3 rings (SSSR count). The number of hydrogen-bond donors (Lipinski definition) is 2. The number of ether oxygens (including phenoxy) is 1. The fraction of sp³-hybridized carbons (Fsp3) is 0.312. The van der Waals surface area contributed by atoms with E-state index in [1.54, 1.807) is 36.5 Å². The predicted molar refractivity (Wildman–Crippen MR) is 93.8 cm³/mol. The molecular weight excluding hydrogens is 344 g/mol. The average Bonchev–Trinajstić information content (AvgIpc) is 2.93. The normalized spacial score (nSPS) is 18.5. The first kappa shape index (κ1) is 17.2. The Bertz CT molecular complexity index is 885. The van der Waals surface area contributed by atoms with Crippen molar-refractivity contribution >= 4 is 33.3 Å². The Morgan fingerprint density at radius 2 is 2.08 bits per heavy atom. The summed E-state index contributed by atoms with van der Waals surface area (Å²) in [5, 5.41) is 6.10. The van der Waals surface area contributed by atoms with E-state index >= 15 is 0 Å². The number of rotatable bonds is 5. The molecule has 132 valence electrons. The minimum absolute atomic E-state index is 0.102. The van der Waals surface area contributed by atoms with Crippen LogP contribution in [0.5, 0.6) is 0 Å². The van der Waals surface area contributed by atoms with Gasteiger partial charge in [-0.25, -0.2) is 18.2 Å². The van der Waals surface area contributed by atoms with Crippen LogP contribution in [-0.2, 0) is 14.6 Å². The Balaban J connectivity index is 1.76. The number of para-hydroxylation sites is 1. The van der Waals surface area contributed by atoms with E-state index in [2.05, 4.69) is 20.6 Å². The fourth-order valence-electron chi connectivity index (χ4n) is 2.62. The highest BCUT2D eigenvalue weighted by molar-refractivity contribution is 7.91. The summed E-state index contributed by atoms with van der Waals surface area (Å²) in [4.78, 5) is 20.3. The maximum atomic E-state index is 11.8. The van der Waals surface area contributed by atoms with E-state index in [9.17, 15) is 13.2 Å². The number of sulfone groups is 1. The summed E-state index contributed by atoms with van der Waals surface area (Å²) in [6, 6.07) is 8.38. The summed E-state index contributed by atoms with van der Waals surface area (Å²) in [5.74, 6) is 0.643. The number of hydrogen-bond acceptors (Lipinski definition) is 8. The van der Waals surface area contributed by atoms with Gasteiger partial charge in [0.1, 0.15) is 5.82 Å². The Labute approximate surface area is 145 Å². The molecule has 2 N–H and O–H groups in total. The number of benzene rings is 1. The average molecular weight is 362 g/mol. The summed E-state index contributed by atoms with van der Waals surface area (Å²) < 4.78 is 27.8. The van der Waals surface area contributed by atoms with E-state index < -0.39 is 15.8 Å². The van der Waals surface area contributed by atoms with E-state index in [0.29, 0.717) is 29.4 Å². The van der Waals surface area contributed by atoms with Gasteiger partial charge in [0.25, 0.3) is 0 Å². The second-order valence-corrected chi connectivity index (χ2v) is 7.90. The number of anilines is 3. The van der Waals surface area contributed by atoms with Gasteiger partial charge < -0.3 is 15.4 Å². The van der Waals surface area contributed by atoms with Crippen molar-refractivity contribution in [3.63, 3.8) is 0 Å². The lowest BCUT2D eigenvalue weighted by atomic mass is 10.2. The van der Waals surface area contributed by atoms with Gasteiger partial charge in [-0.1, -0.05) is 12.1 Å². The van der Waals surface area contributed by atoms with Crippen molar-refractivity contribution in [1.82, 2.24) is 9.97 Å². The second kappa shape index (κ2) is 7.06. The Kier molecular flexibility index (Phi) is 4.84. The molecule has 25 heavy (non-hydrogen) atoms. The smallest absolute Gasteiger partial charge is 0.339 e. The molecule has 0 spiro atoms. The molecular formula is C16H18N4O4S. The van der Waals surface area contributed by atoms with Crippen molar-refractivity contribution in [2.24, 2.45) is 0 Å². The van der Waals surface area contributed by atoms with Gasteiger partial charge in [-0.2, -0.15) is 4.98 Å². The van der Waals surface area contributed by atoms with Crippen LogP contribution in [0.1, 0.15) is 16.8 Å². The van der Waals surface area contributed by atoms with Gasteiger partial charge in [-0.15, -0.1) is 0 Å². The van der Waals surface area contributed by atoms with Crippen LogP contribution in [0.4, 0.5) is 17.5 Å². The molecule has 9 heteroatoms. The molecule has 0 amide bonds. The molecule has 1 aromatic carbocycles. The first-order valence-electron chi connectivity index (χ1n) is 7.71. The highest BCUT2D eigenvalue weighted by Crippen LogP contribution is 2.21. The largest absolute Gasteiger partial charge is 0.465 e. The Morgan fingerprint density at radius 3 is 2.80 bits per heavy atom. The summed E-state index contributed by atoms with van der Waals surface area (Å²) in [7, 11) is -1.65. The van der Waals surface area contributed by atoms with E-state index in [1.807, 2.05) is 0 Å². The molecule has 0 radical (unpaired) electrons. The number of methoxy groups -OCH3 is 1. The molecule has 8 nitrogen and oxygen atoms in total. The molecule has 0 saturated carbocycles. The molecule has 1 saturated heterocycles. The molecule has 0 aliphatic carbocycles. The van der Waals surface area contributed by atoms with Crippen LogP contribution in [0.15, 0.2) is 36.5 Å². The Hall–Kier alpha value is -2.68. The lowest BCUT2D eigenvalue weighted by Crippen LogP contribution is -2.21. The van der Waals surface area contributed by atoms with E-state index in [0.717, 1.165) is 0 Å². The van der Waals surface area contributed by atoms with Crippen LogP contribution in [0.3, 0.4) is 0 Å². The zero-order valence-electron chi connectivity index (χ0n) is 13.6. The van der Waals surface area contributed by atoms with Gasteiger partial charge in [-0.3, -0.25) is 0 Å². The predicted octanol–water partition coefficient (Wildman–Crippen LogP) is 1.61. The van der Waals surface area contributed by atoms with Gasteiger partial charge in [0.05, 0.1) is 29.9 Å². The van der Waals surface area contributed by atoms with Gasteiger partial charge in [0.15, 0.2) is 9.84 Å². The summed E-state index contributed by atoms with van der Waals surface area (Å²) in [5.41, 5.74) is 0.892. The quantitative estimate of drug-likeness (QED) is 0.772. The number of nitrogens with zero attached hydrogens (tertiary/aromatic N) is 2. The topological polar surface area (TPSA) is 110 Å². The van der Waals surface area contributed by atoms with Gasteiger partial charge in [-0.05, 0) is 24.6 Å². The van der Waals surface area contributed by atoms with Crippen LogP contribution >= 0.6 is 0 Å². The minimum atomic E-state index is -2.97. The molecule has 1 aromatic heterocycles. The maximum absolute atomic E-state index is 11.8. The standard InChI is InChI=1S/C16H18N4O4S/c1-24-15(21)12-4-2-3-5-13(12)19-16-17-8-6-14(20-16)18-11-7-9-25(22,23)10-11/h2-6,8,11H,7,9-10H2,1H3,(H2,17,18,19,20). The third-order valence-electron chi connectivity index (χ3n) is 3.82. The second-order valence-electron chi connectivity index (χ2n) is 5.67. The van der Waals surface area contributed by atoms with Gasteiger partial charge >= 0.3 is 5.97 Å². The van der Waals surface area contributed by atoms with Crippen molar-refractivity contribution in [1.29, 1.82) is 0 Å². The summed E-state index contributed by atoms with van der Waals surface area (Å²) >= 11 is 0. The zero-order valence-corrected chi connectivity index (χ0v) is 14.4. The van der Waals surface area contributed by atoms with Crippen LogP contribution < -0.4 is 10.6 Å². The molecule has 1 aliphatic heterocycles. The van der Waals surface area contributed by atoms with Crippen molar-refractivity contribution < 1.29 is 17.9 Å². The minimum Gasteiger partial charge on any atom is -0.465 e. The third kappa shape index (κ3) is 4.24. The van der Waals surface area contributed by atoms with Crippen LogP contribution in [0, 0.1) is 0 Å². The highest BCUT2D eigenvalue weighted by Gasteiger charge is 2.27. The maximum Gasteiger partial charge on any atom is 0.339 e. The number of esters is 1. The number of aromatic nitrogens is 2. The number of carbonyl (C=O) groups is 1.